The molecular formula is C15H18N6. The molecular weight excluding hydrogens is 264 g/mol. The standard InChI is InChI=1S/C15H18N6/c1-10(15-20-17-9-21(15)2)18-14-12(8-16)7-11-5-3-4-6-13(11)19-14/h7,9-10H,3-6H2,1-2H3,(H,18,19). The van der Waals surface area contributed by atoms with Crippen LogP contribution in [0.4, 0.5) is 5.82 Å². The van der Waals surface area contributed by atoms with Crippen molar-refractivity contribution >= 4 is 5.82 Å². The maximum atomic E-state index is 9.35. The third-order valence-corrected chi connectivity index (χ3v) is 3.91. The second-order valence-corrected chi connectivity index (χ2v) is 5.48. The molecule has 0 bridgehead atoms. The van der Waals surface area contributed by atoms with Crippen LogP contribution >= 0.6 is 0 Å². The molecule has 108 valence electrons. The summed E-state index contributed by atoms with van der Waals surface area (Å²) in [5, 5.41) is 20.6. The average Bonchev–Trinajstić information content (AvgIpc) is 2.92. The van der Waals surface area contributed by atoms with Gasteiger partial charge in [-0.3, -0.25) is 0 Å². The van der Waals surface area contributed by atoms with Crippen LogP contribution in [0.5, 0.6) is 0 Å². The molecule has 0 saturated carbocycles. The van der Waals surface area contributed by atoms with E-state index in [0.29, 0.717) is 11.4 Å². The van der Waals surface area contributed by atoms with Crippen molar-refractivity contribution in [3.8, 4) is 6.07 Å². The maximum absolute atomic E-state index is 9.35. The predicted octanol–water partition coefficient (Wildman–Crippen LogP) is 2.13. The van der Waals surface area contributed by atoms with Crippen LogP contribution in [-0.4, -0.2) is 19.7 Å². The van der Waals surface area contributed by atoms with Crippen molar-refractivity contribution < 1.29 is 0 Å². The molecule has 2 aromatic heterocycles. The summed E-state index contributed by atoms with van der Waals surface area (Å²) in [4.78, 5) is 4.67. The third-order valence-electron chi connectivity index (χ3n) is 3.91. The highest BCUT2D eigenvalue weighted by molar-refractivity contribution is 5.55. The monoisotopic (exact) mass is 282 g/mol. The van der Waals surface area contributed by atoms with Crippen LogP contribution in [0.1, 0.15) is 48.5 Å². The van der Waals surface area contributed by atoms with E-state index < -0.39 is 0 Å². The van der Waals surface area contributed by atoms with Crippen molar-refractivity contribution in [3.63, 3.8) is 0 Å². The number of nitriles is 1. The zero-order valence-electron chi connectivity index (χ0n) is 12.3. The van der Waals surface area contributed by atoms with Crippen molar-refractivity contribution in [2.24, 2.45) is 7.05 Å². The van der Waals surface area contributed by atoms with Crippen LogP contribution in [-0.2, 0) is 19.9 Å². The van der Waals surface area contributed by atoms with Gasteiger partial charge in [0.15, 0.2) is 5.82 Å². The number of nitrogens with one attached hydrogen (secondary N) is 1. The topological polar surface area (TPSA) is 79.4 Å². The van der Waals surface area contributed by atoms with Gasteiger partial charge in [-0.15, -0.1) is 10.2 Å². The molecule has 1 atom stereocenters. The number of hydrogen-bond donors (Lipinski definition) is 1. The summed E-state index contributed by atoms with van der Waals surface area (Å²) in [5.41, 5.74) is 2.94. The Balaban J connectivity index is 1.91. The van der Waals surface area contributed by atoms with Crippen molar-refractivity contribution in [3.05, 3.63) is 35.0 Å². The third kappa shape index (κ3) is 2.59. The van der Waals surface area contributed by atoms with Crippen LogP contribution in [0.25, 0.3) is 0 Å². The van der Waals surface area contributed by atoms with E-state index in [4.69, 9.17) is 0 Å². The van der Waals surface area contributed by atoms with E-state index in [0.717, 1.165) is 24.4 Å². The molecule has 0 spiro atoms. The Morgan fingerprint density at radius 3 is 2.90 bits per heavy atom. The molecule has 0 radical (unpaired) electrons. The first-order chi connectivity index (χ1) is 10.2. The number of hydrogen-bond acceptors (Lipinski definition) is 5. The second kappa shape index (κ2) is 5.52. The van der Waals surface area contributed by atoms with Crippen molar-refractivity contribution in [1.29, 1.82) is 5.26 Å². The van der Waals surface area contributed by atoms with Gasteiger partial charge in [0.1, 0.15) is 18.2 Å². The van der Waals surface area contributed by atoms with Crippen molar-refractivity contribution in [2.45, 2.75) is 38.6 Å². The molecule has 21 heavy (non-hydrogen) atoms. The molecule has 2 heterocycles. The van der Waals surface area contributed by atoms with Gasteiger partial charge in [-0.1, -0.05) is 0 Å². The highest BCUT2D eigenvalue weighted by Crippen LogP contribution is 2.26. The quantitative estimate of drug-likeness (QED) is 0.933. The Labute approximate surface area is 123 Å². The molecule has 1 aliphatic carbocycles. The minimum absolute atomic E-state index is 0.0567. The molecule has 3 rings (SSSR count). The molecule has 1 aliphatic rings. The van der Waals surface area contributed by atoms with Gasteiger partial charge in [0.05, 0.1) is 11.6 Å². The van der Waals surface area contributed by atoms with Gasteiger partial charge in [0.25, 0.3) is 0 Å². The smallest absolute Gasteiger partial charge is 0.154 e. The molecule has 0 saturated heterocycles. The van der Waals surface area contributed by atoms with Crippen LogP contribution in [0.2, 0.25) is 0 Å². The molecule has 6 heteroatoms. The lowest BCUT2D eigenvalue weighted by Gasteiger charge is -2.19. The molecule has 2 aromatic rings. The Morgan fingerprint density at radius 2 is 2.19 bits per heavy atom. The zero-order valence-corrected chi connectivity index (χ0v) is 12.3. The van der Waals surface area contributed by atoms with E-state index in [1.165, 1.54) is 18.4 Å². The molecule has 6 nitrogen and oxygen atoms in total. The predicted molar refractivity (Wildman–Crippen MR) is 78.6 cm³/mol. The molecule has 0 fully saturated rings. The van der Waals surface area contributed by atoms with Gasteiger partial charge in [0.2, 0.25) is 0 Å². The number of anilines is 1. The molecule has 0 amide bonds. The van der Waals surface area contributed by atoms with Gasteiger partial charge in [-0.05, 0) is 44.2 Å². The maximum Gasteiger partial charge on any atom is 0.154 e. The summed E-state index contributed by atoms with van der Waals surface area (Å²) in [6.07, 6.45) is 6.04. The Bertz CT molecular complexity index is 697. The normalized spacial score (nSPS) is 15.1. The average molecular weight is 282 g/mol. The van der Waals surface area contributed by atoms with Gasteiger partial charge < -0.3 is 9.88 Å². The number of nitrogens with zero attached hydrogens (tertiary/aromatic N) is 5. The SMILES string of the molecule is CC(Nc1nc2c(cc1C#N)CCCC2)c1nncn1C. The molecule has 0 aliphatic heterocycles. The van der Waals surface area contributed by atoms with E-state index in [2.05, 4.69) is 26.6 Å². The summed E-state index contributed by atoms with van der Waals surface area (Å²) in [6, 6.07) is 4.17. The van der Waals surface area contributed by atoms with E-state index in [1.807, 2.05) is 24.6 Å². The first kappa shape index (κ1) is 13.6. The Hall–Kier alpha value is -2.42. The molecule has 0 aromatic carbocycles. The van der Waals surface area contributed by atoms with Gasteiger partial charge in [-0.2, -0.15) is 5.26 Å². The zero-order chi connectivity index (χ0) is 14.8. The number of rotatable bonds is 3. The highest BCUT2D eigenvalue weighted by atomic mass is 15.3. The van der Waals surface area contributed by atoms with E-state index in [9.17, 15) is 5.26 Å². The first-order valence-corrected chi connectivity index (χ1v) is 7.22. The Kier molecular flexibility index (Phi) is 3.57. The molecule has 1 N–H and O–H groups in total. The summed E-state index contributed by atoms with van der Waals surface area (Å²) in [5.74, 6) is 1.46. The summed E-state index contributed by atoms with van der Waals surface area (Å²) in [6.45, 7) is 1.99. The lowest BCUT2D eigenvalue weighted by atomic mass is 9.95. The second-order valence-electron chi connectivity index (χ2n) is 5.48. The number of fused-ring (bicyclic) bond motifs is 1. The number of pyridine rings is 1. The van der Waals surface area contributed by atoms with Crippen molar-refractivity contribution in [1.82, 2.24) is 19.7 Å². The summed E-state index contributed by atoms with van der Waals surface area (Å²) in [7, 11) is 1.90. The molecule has 1 unspecified atom stereocenters. The summed E-state index contributed by atoms with van der Waals surface area (Å²) < 4.78 is 1.86. The van der Waals surface area contributed by atoms with E-state index in [-0.39, 0.29) is 6.04 Å². The van der Waals surface area contributed by atoms with Gasteiger partial charge in [-0.25, -0.2) is 4.98 Å². The minimum atomic E-state index is -0.0567. The van der Waals surface area contributed by atoms with Crippen LogP contribution < -0.4 is 5.32 Å². The lowest BCUT2D eigenvalue weighted by Crippen LogP contribution is -2.16. The van der Waals surface area contributed by atoms with Crippen LogP contribution in [0, 0.1) is 11.3 Å². The van der Waals surface area contributed by atoms with Crippen molar-refractivity contribution in [2.75, 3.05) is 5.32 Å². The minimum Gasteiger partial charge on any atom is -0.359 e. The van der Waals surface area contributed by atoms with E-state index >= 15 is 0 Å². The lowest BCUT2D eigenvalue weighted by molar-refractivity contribution is 0.664. The fraction of sp³-hybridized carbons (Fsp3) is 0.467. The first-order valence-electron chi connectivity index (χ1n) is 7.22. The Morgan fingerprint density at radius 1 is 1.38 bits per heavy atom. The largest absolute Gasteiger partial charge is 0.359 e. The fourth-order valence-corrected chi connectivity index (χ4v) is 2.78. The van der Waals surface area contributed by atoms with Gasteiger partial charge >= 0.3 is 0 Å². The van der Waals surface area contributed by atoms with Crippen LogP contribution in [0.3, 0.4) is 0 Å². The fourth-order valence-electron chi connectivity index (χ4n) is 2.78. The number of aromatic nitrogens is 4. The van der Waals surface area contributed by atoms with Gasteiger partial charge in [0, 0.05) is 12.7 Å². The van der Waals surface area contributed by atoms with Crippen LogP contribution in [0.15, 0.2) is 12.4 Å². The highest BCUT2D eigenvalue weighted by Gasteiger charge is 2.18. The number of aryl methyl sites for hydroxylation is 3. The van der Waals surface area contributed by atoms with E-state index in [1.54, 1.807) is 6.33 Å². The summed E-state index contributed by atoms with van der Waals surface area (Å²) >= 11 is 0.